The number of benzene rings is 3. The molecule has 7 heteroatoms. The molecule has 0 saturated heterocycles. The molecule has 0 aliphatic carbocycles. The molecular weight excluding hydrogens is 440 g/mol. The van der Waals surface area contributed by atoms with Crippen LogP contribution < -0.4 is 15.0 Å². The van der Waals surface area contributed by atoms with Crippen molar-refractivity contribution in [3.05, 3.63) is 102 Å². The van der Waals surface area contributed by atoms with E-state index in [0.717, 1.165) is 23.2 Å². The summed E-state index contributed by atoms with van der Waals surface area (Å²) >= 11 is 0. The Labute approximate surface area is 204 Å². The van der Waals surface area contributed by atoms with Gasteiger partial charge in [0.15, 0.2) is 6.61 Å². The van der Waals surface area contributed by atoms with Crippen molar-refractivity contribution < 1.29 is 14.3 Å². The van der Waals surface area contributed by atoms with E-state index in [1.165, 1.54) is 5.56 Å². The van der Waals surface area contributed by atoms with Crippen molar-refractivity contribution in [1.29, 1.82) is 0 Å². The second-order valence-corrected chi connectivity index (χ2v) is 8.39. The molecular formula is C28H26N4O3. The zero-order chi connectivity index (χ0) is 24.0. The van der Waals surface area contributed by atoms with Crippen molar-refractivity contribution in [3.8, 4) is 16.9 Å². The molecule has 1 aliphatic rings. The number of carbonyl (C=O) groups excluding carboxylic acids is 2. The molecule has 0 atom stereocenters. The first-order valence-electron chi connectivity index (χ1n) is 11.6. The van der Waals surface area contributed by atoms with E-state index >= 15 is 0 Å². The molecule has 2 heterocycles. The zero-order valence-electron chi connectivity index (χ0n) is 19.3. The number of nitrogens with zero attached hydrogens (tertiary/aromatic N) is 3. The van der Waals surface area contributed by atoms with Crippen LogP contribution in [0.25, 0.3) is 11.1 Å². The minimum atomic E-state index is -0.141. The fourth-order valence-electron chi connectivity index (χ4n) is 4.22. The van der Waals surface area contributed by atoms with Crippen LogP contribution in [-0.2, 0) is 22.7 Å². The number of fused-ring (bicyclic) bond motifs is 1. The molecule has 1 aliphatic heterocycles. The smallest absolute Gasteiger partial charge is 0.265 e. The Kier molecular flexibility index (Phi) is 6.57. The minimum Gasteiger partial charge on any atom is -0.482 e. The SMILES string of the molecule is O=C(CCN1C(=O)COc2ccccc21)NCc1ccccc1-c1ccc(Cn2cccn2)cc1. The standard InChI is InChI=1S/C28H26N4O3/c33-27(14-17-32-25-8-3-4-9-26(25)35-20-28(32)34)29-18-23-6-1-2-7-24(23)22-12-10-21(11-13-22)19-31-16-5-15-30-31/h1-13,15-16H,14,17-20H2,(H,29,33). The fraction of sp³-hybridized carbons (Fsp3) is 0.179. The molecule has 176 valence electrons. The second kappa shape index (κ2) is 10.3. The highest BCUT2D eigenvalue weighted by molar-refractivity contribution is 5.98. The van der Waals surface area contributed by atoms with Gasteiger partial charge in [-0.05, 0) is 40.5 Å². The van der Waals surface area contributed by atoms with Crippen LogP contribution in [-0.4, -0.2) is 34.7 Å². The zero-order valence-corrected chi connectivity index (χ0v) is 19.3. The second-order valence-electron chi connectivity index (χ2n) is 8.39. The van der Waals surface area contributed by atoms with Crippen LogP contribution in [0.5, 0.6) is 5.75 Å². The van der Waals surface area contributed by atoms with Crippen molar-refractivity contribution >= 4 is 17.5 Å². The van der Waals surface area contributed by atoms with Crippen LogP contribution in [0, 0.1) is 0 Å². The van der Waals surface area contributed by atoms with Crippen LogP contribution >= 0.6 is 0 Å². The van der Waals surface area contributed by atoms with E-state index in [0.29, 0.717) is 24.5 Å². The van der Waals surface area contributed by atoms with Gasteiger partial charge in [0.1, 0.15) is 5.75 Å². The van der Waals surface area contributed by atoms with Crippen LogP contribution in [0.15, 0.2) is 91.3 Å². The molecule has 2 amide bonds. The highest BCUT2D eigenvalue weighted by Crippen LogP contribution is 2.31. The Balaban J connectivity index is 1.20. The number of ether oxygens (including phenoxy) is 1. The molecule has 0 spiro atoms. The van der Waals surface area contributed by atoms with Gasteiger partial charge in [-0.25, -0.2) is 0 Å². The molecule has 0 fully saturated rings. The van der Waals surface area contributed by atoms with Gasteiger partial charge in [-0.1, -0.05) is 60.7 Å². The number of amides is 2. The number of anilines is 1. The largest absolute Gasteiger partial charge is 0.482 e. The lowest BCUT2D eigenvalue weighted by Gasteiger charge is -2.29. The Bertz CT molecular complexity index is 1320. The van der Waals surface area contributed by atoms with Gasteiger partial charge in [0.25, 0.3) is 5.91 Å². The molecule has 1 aromatic heterocycles. The number of rotatable bonds is 8. The fourth-order valence-corrected chi connectivity index (χ4v) is 4.22. The van der Waals surface area contributed by atoms with E-state index in [1.807, 2.05) is 59.4 Å². The molecule has 0 bridgehead atoms. The number of hydrogen-bond donors (Lipinski definition) is 1. The average Bonchev–Trinajstić information content (AvgIpc) is 3.41. The molecule has 5 rings (SSSR count). The normalized spacial score (nSPS) is 12.7. The van der Waals surface area contributed by atoms with Crippen LogP contribution in [0.3, 0.4) is 0 Å². The van der Waals surface area contributed by atoms with E-state index in [-0.39, 0.29) is 24.8 Å². The van der Waals surface area contributed by atoms with E-state index in [4.69, 9.17) is 4.74 Å². The van der Waals surface area contributed by atoms with Gasteiger partial charge in [0.2, 0.25) is 5.91 Å². The maximum absolute atomic E-state index is 12.6. The van der Waals surface area contributed by atoms with Crippen molar-refractivity contribution in [2.75, 3.05) is 18.1 Å². The van der Waals surface area contributed by atoms with Gasteiger partial charge in [-0.2, -0.15) is 5.10 Å². The van der Waals surface area contributed by atoms with Crippen molar-refractivity contribution in [2.24, 2.45) is 0 Å². The summed E-state index contributed by atoms with van der Waals surface area (Å²) in [6, 6.07) is 25.8. The van der Waals surface area contributed by atoms with Gasteiger partial charge >= 0.3 is 0 Å². The molecule has 35 heavy (non-hydrogen) atoms. The highest BCUT2D eigenvalue weighted by Gasteiger charge is 2.25. The first kappa shape index (κ1) is 22.4. The summed E-state index contributed by atoms with van der Waals surface area (Å²) in [5.41, 5.74) is 5.08. The van der Waals surface area contributed by atoms with E-state index in [2.05, 4.69) is 40.7 Å². The lowest BCUT2D eigenvalue weighted by Crippen LogP contribution is -2.41. The Hall–Kier alpha value is -4.39. The Morgan fingerprint density at radius 3 is 2.60 bits per heavy atom. The van der Waals surface area contributed by atoms with E-state index in [1.54, 1.807) is 11.1 Å². The van der Waals surface area contributed by atoms with Crippen LogP contribution in [0.2, 0.25) is 0 Å². The maximum Gasteiger partial charge on any atom is 0.265 e. The summed E-state index contributed by atoms with van der Waals surface area (Å²) in [7, 11) is 0. The number of hydrogen-bond acceptors (Lipinski definition) is 4. The summed E-state index contributed by atoms with van der Waals surface area (Å²) in [6.07, 6.45) is 3.93. The molecule has 4 aromatic rings. The Morgan fingerprint density at radius 2 is 1.77 bits per heavy atom. The van der Waals surface area contributed by atoms with Crippen molar-refractivity contribution in [2.45, 2.75) is 19.5 Å². The predicted molar refractivity (Wildman–Crippen MR) is 134 cm³/mol. The Morgan fingerprint density at radius 1 is 0.971 bits per heavy atom. The molecule has 7 nitrogen and oxygen atoms in total. The summed E-state index contributed by atoms with van der Waals surface area (Å²) in [5, 5.41) is 7.26. The summed E-state index contributed by atoms with van der Waals surface area (Å²) in [4.78, 5) is 26.6. The van der Waals surface area contributed by atoms with E-state index in [9.17, 15) is 9.59 Å². The summed E-state index contributed by atoms with van der Waals surface area (Å²) in [6.45, 7) is 1.44. The van der Waals surface area contributed by atoms with E-state index < -0.39 is 0 Å². The highest BCUT2D eigenvalue weighted by atomic mass is 16.5. The quantitative estimate of drug-likeness (QED) is 0.425. The first-order valence-corrected chi connectivity index (χ1v) is 11.6. The monoisotopic (exact) mass is 466 g/mol. The van der Waals surface area contributed by atoms with Gasteiger partial charge in [-0.3, -0.25) is 14.3 Å². The number of nitrogens with one attached hydrogen (secondary N) is 1. The third kappa shape index (κ3) is 5.24. The summed E-state index contributed by atoms with van der Waals surface area (Å²) < 4.78 is 7.36. The third-order valence-electron chi connectivity index (χ3n) is 6.03. The van der Waals surface area contributed by atoms with Crippen molar-refractivity contribution in [1.82, 2.24) is 15.1 Å². The van der Waals surface area contributed by atoms with Gasteiger partial charge in [-0.15, -0.1) is 0 Å². The molecule has 1 N–H and O–H groups in total. The minimum absolute atomic E-state index is 0.00720. The molecule has 0 saturated carbocycles. The van der Waals surface area contributed by atoms with Crippen LogP contribution in [0.4, 0.5) is 5.69 Å². The number of para-hydroxylation sites is 2. The number of carbonyl (C=O) groups is 2. The molecule has 3 aromatic carbocycles. The van der Waals surface area contributed by atoms with Gasteiger partial charge < -0.3 is 15.0 Å². The summed E-state index contributed by atoms with van der Waals surface area (Å²) in [5.74, 6) is 0.418. The first-order chi connectivity index (χ1) is 17.2. The lowest BCUT2D eigenvalue weighted by molar-refractivity contribution is -0.122. The molecule has 0 radical (unpaired) electrons. The average molecular weight is 467 g/mol. The van der Waals surface area contributed by atoms with Gasteiger partial charge in [0, 0.05) is 31.9 Å². The lowest BCUT2D eigenvalue weighted by atomic mass is 9.98. The van der Waals surface area contributed by atoms with Gasteiger partial charge in [0.05, 0.1) is 12.2 Å². The predicted octanol–water partition coefficient (Wildman–Crippen LogP) is 4.03. The third-order valence-corrected chi connectivity index (χ3v) is 6.03. The van der Waals surface area contributed by atoms with Crippen molar-refractivity contribution in [3.63, 3.8) is 0 Å². The van der Waals surface area contributed by atoms with Crippen LogP contribution in [0.1, 0.15) is 17.5 Å². The topological polar surface area (TPSA) is 76.5 Å². The molecule has 0 unspecified atom stereocenters. The maximum atomic E-state index is 12.6. The number of aromatic nitrogens is 2.